The summed E-state index contributed by atoms with van der Waals surface area (Å²) >= 11 is 0. The van der Waals surface area contributed by atoms with Gasteiger partial charge >= 0.3 is 0 Å². The van der Waals surface area contributed by atoms with Gasteiger partial charge in [-0.2, -0.15) is 0 Å². The Morgan fingerprint density at radius 3 is 2.79 bits per heavy atom. The fourth-order valence-electron chi connectivity index (χ4n) is 2.78. The Labute approximate surface area is 113 Å². The molecule has 1 saturated heterocycles. The highest BCUT2D eigenvalue weighted by Crippen LogP contribution is 2.39. The van der Waals surface area contributed by atoms with Gasteiger partial charge in [0.15, 0.2) is 5.82 Å². The first-order chi connectivity index (χ1) is 9.20. The smallest absolute Gasteiger partial charge is 0.153 e. The average Bonchev–Trinajstić information content (AvgIpc) is 2.83. The van der Waals surface area contributed by atoms with Crippen LogP contribution in [0.25, 0.3) is 0 Å². The lowest BCUT2D eigenvalue weighted by Gasteiger charge is -2.34. The summed E-state index contributed by atoms with van der Waals surface area (Å²) in [6.45, 7) is 5.23. The van der Waals surface area contributed by atoms with Crippen LogP contribution < -0.4 is 4.90 Å². The molecule has 2 aromatic rings. The van der Waals surface area contributed by atoms with Gasteiger partial charge in [0.1, 0.15) is 5.82 Å². The third-order valence-corrected chi connectivity index (χ3v) is 3.84. The van der Waals surface area contributed by atoms with Gasteiger partial charge in [0, 0.05) is 24.6 Å². The second-order valence-electron chi connectivity index (χ2n) is 5.24. The molecule has 1 fully saturated rings. The Bertz CT molecular complexity index is 569. The molecule has 0 amide bonds. The minimum atomic E-state index is -0.152. The van der Waals surface area contributed by atoms with Crippen LogP contribution in [0.15, 0.2) is 36.7 Å². The largest absolute Gasteiger partial charge is 0.344 e. The molecule has 98 valence electrons. The molecule has 1 unspecified atom stereocenters. The molecule has 0 radical (unpaired) electrons. The third-order valence-electron chi connectivity index (χ3n) is 3.84. The summed E-state index contributed by atoms with van der Waals surface area (Å²) in [6, 6.07) is 7.96. The zero-order valence-corrected chi connectivity index (χ0v) is 11.4. The normalized spacial score (nSPS) is 22.7. The van der Waals surface area contributed by atoms with Crippen molar-refractivity contribution in [2.75, 3.05) is 11.4 Å². The molecule has 1 aliphatic rings. The zero-order chi connectivity index (χ0) is 13.3. The molecule has 3 heterocycles. The highest BCUT2D eigenvalue weighted by molar-refractivity contribution is 5.44. The Kier molecular flexibility index (Phi) is 2.93. The predicted octanol–water partition coefficient (Wildman–Crippen LogP) is 2.70. The second-order valence-corrected chi connectivity index (χ2v) is 5.24. The van der Waals surface area contributed by atoms with Crippen molar-refractivity contribution in [3.05, 3.63) is 48.2 Å². The standard InChI is InChI=1S/C15H18N4/c1-12-7-10-17-14(18-12)15(2)8-5-11-19(15)13-6-3-4-9-16-13/h3-4,6-7,9-10H,5,8,11H2,1-2H3. The summed E-state index contributed by atoms with van der Waals surface area (Å²) in [5, 5.41) is 0. The van der Waals surface area contributed by atoms with Crippen molar-refractivity contribution in [2.45, 2.75) is 32.2 Å². The minimum Gasteiger partial charge on any atom is -0.344 e. The van der Waals surface area contributed by atoms with Crippen LogP contribution in [-0.2, 0) is 5.54 Å². The van der Waals surface area contributed by atoms with Gasteiger partial charge in [0.25, 0.3) is 0 Å². The van der Waals surface area contributed by atoms with Gasteiger partial charge in [-0.05, 0) is 44.9 Å². The molecule has 0 bridgehead atoms. The highest BCUT2D eigenvalue weighted by Gasteiger charge is 2.41. The van der Waals surface area contributed by atoms with Gasteiger partial charge in [0.2, 0.25) is 0 Å². The first-order valence-corrected chi connectivity index (χ1v) is 6.69. The van der Waals surface area contributed by atoms with E-state index in [0.29, 0.717) is 0 Å². The summed E-state index contributed by atoms with van der Waals surface area (Å²) in [6.07, 6.45) is 5.89. The molecular weight excluding hydrogens is 236 g/mol. The summed E-state index contributed by atoms with van der Waals surface area (Å²) in [4.78, 5) is 15.9. The second kappa shape index (κ2) is 4.61. The monoisotopic (exact) mass is 254 g/mol. The van der Waals surface area contributed by atoms with Crippen molar-refractivity contribution < 1.29 is 0 Å². The van der Waals surface area contributed by atoms with E-state index in [1.54, 1.807) is 0 Å². The molecule has 1 atom stereocenters. The average molecular weight is 254 g/mol. The number of anilines is 1. The molecule has 4 nitrogen and oxygen atoms in total. The van der Waals surface area contributed by atoms with Crippen molar-refractivity contribution in [3.8, 4) is 0 Å². The number of aromatic nitrogens is 3. The van der Waals surface area contributed by atoms with Crippen molar-refractivity contribution >= 4 is 5.82 Å². The fraction of sp³-hybridized carbons (Fsp3) is 0.400. The quantitative estimate of drug-likeness (QED) is 0.826. The van der Waals surface area contributed by atoms with Crippen LogP contribution >= 0.6 is 0 Å². The topological polar surface area (TPSA) is 41.9 Å². The highest BCUT2D eigenvalue weighted by atomic mass is 15.3. The summed E-state index contributed by atoms with van der Waals surface area (Å²) in [5.41, 5.74) is 0.861. The first-order valence-electron chi connectivity index (χ1n) is 6.69. The Hall–Kier alpha value is -1.97. The van der Waals surface area contributed by atoms with Crippen LogP contribution in [0.3, 0.4) is 0 Å². The summed E-state index contributed by atoms with van der Waals surface area (Å²) in [5.74, 6) is 1.91. The van der Waals surface area contributed by atoms with Crippen LogP contribution in [0.5, 0.6) is 0 Å². The van der Waals surface area contributed by atoms with E-state index in [4.69, 9.17) is 0 Å². The van der Waals surface area contributed by atoms with Crippen LogP contribution in [0, 0.1) is 6.92 Å². The maximum absolute atomic E-state index is 4.62. The van der Waals surface area contributed by atoms with Gasteiger partial charge in [-0.25, -0.2) is 15.0 Å². The zero-order valence-electron chi connectivity index (χ0n) is 11.4. The molecule has 4 heteroatoms. The number of hydrogen-bond acceptors (Lipinski definition) is 4. The van der Waals surface area contributed by atoms with Gasteiger partial charge < -0.3 is 4.90 Å². The molecule has 0 saturated carbocycles. The van der Waals surface area contributed by atoms with E-state index >= 15 is 0 Å². The van der Waals surface area contributed by atoms with E-state index in [-0.39, 0.29) is 5.54 Å². The van der Waals surface area contributed by atoms with E-state index in [2.05, 4.69) is 32.8 Å². The first kappa shape index (κ1) is 12.1. The van der Waals surface area contributed by atoms with Gasteiger partial charge in [-0.15, -0.1) is 0 Å². The molecule has 19 heavy (non-hydrogen) atoms. The molecular formula is C15H18N4. The van der Waals surface area contributed by atoms with E-state index in [0.717, 1.165) is 36.7 Å². The lowest BCUT2D eigenvalue weighted by molar-refractivity contribution is 0.456. The van der Waals surface area contributed by atoms with Crippen LogP contribution in [0.1, 0.15) is 31.3 Å². The molecule has 3 rings (SSSR count). The number of aryl methyl sites for hydroxylation is 1. The third kappa shape index (κ3) is 2.07. The number of hydrogen-bond donors (Lipinski definition) is 0. The Balaban J connectivity index is 2.02. The van der Waals surface area contributed by atoms with E-state index in [1.807, 2.05) is 37.5 Å². The Morgan fingerprint density at radius 1 is 1.16 bits per heavy atom. The van der Waals surface area contributed by atoms with Crippen LogP contribution in [-0.4, -0.2) is 21.5 Å². The molecule has 1 aliphatic heterocycles. The SMILES string of the molecule is Cc1ccnc(C2(C)CCCN2c2ccccn2)n1. The van der Waals surface area contributed by atoms with Gasteiger partial charge in [-0.3, -0.25) is 0 Å². The molecule has 0 spiro atoms. The van der Waals surface area contributed by atoms with E-state index in [1.165, 1.54) is 0 Å². The van der Waals surface area contributed by atoms with Crippen LogP contribution in [0.2, 0.25) is 0 Å². The van der Waals surface area contributed by atoms with Crippen molar-refractivity contribution in [3.63, 3.8) is 0 Å². The minimum absolute atomic E-state index is 0.152. The number of rotatable bonds is 2. The van der Waals surface area contributed by atoms with Crippen molar-refractivity contribution in [2.24, 2.45) is 0 Å². The molecule has 2 aromatic heterocycles. The van der Waals surface area contributed by atoms with E-state index < -0.39 is 0 Å². The molecule has 0 N–H and O–H groups in total. The van der Waals surface area contributed by atoms with Gasteiger partial charge in [-0.1, -0.05) is 6.07 Å². The molecule has 0 aromatic carbocycles. The summed E-state index contributed by atoms with van der Waals surface area (Å²) < 4.78 is 0. The number of pyridine rings is 1. The fourth-order valence-corrected chi connectivity index (χ4v) is 2.78. The van der Waals surface area contributed by atoms with Crippen molar-refractivity contribution in [1.29, 1.82) is 0 Å². The summed E-state index contributed by atoms with van der Waals surface area (Å²) in [7, 11) is 0. The van der Waals surface area contributed by atoms with Gasteiger partial charge in [0.05, 0.1) is 5.54 Å². The predicted molar refractivity (Wildman–Crippen MR) is 74.9 cm³/mol. The molecule has 0 aliphatic carbocycles. The van der Waals surface area contributed by atoms with Crippen LogP contribution in [0.4, 0.5) is 5.82 Å². The van der Waals surface area contributed by atoms with E-state index in [9.17, 15) is 0 Å². The lowest BCUT2D eigenvalue weighted by Crippen LogP contribution is -2.40. The maximum Gasteiger partial charge on any atom is 0.153 e. The maximum atomic E-state index is 4.62. The Morgan fingerprint density at radius 2 is 2.05 bits per heavy atom. The lowest BCUT2D eigenvalue weighted by atomic mass is 9.97. The number of nitrogens with zero attached hydrogens (tertiary/aromatic N) is 4. The van der Waals surface area contributed by atoms with Crippen molar-refractivity contribution in [1.82, 2.24) is 15.0 Å².